The van der Waals surface area contributed by atoms with Gasteiger partial charge in [-0.2, -0.15) is 0 Å². The van der Waals surface area contributed by atoms with Crippen molar-refractivity contribution in [1.29, 1.82) is 0 Å². The number of hydrogen-bond donors (Lipinski definition) is 1. The van der Waals surface area contributed by atoms with E-state index in [0.717, 1.165) is 34.6 Å². The van der Waals surface area contributed by atoms with Crippen LogP contribution in [0.1, 0.15) is 38.2 Å². The fourth-order valence-corrected chi connectivity index (χ4v) is 3.82. The Bertz CT molecular complexity index is 734. The fraction of sp³-hybridized carbons (Fsp3) is 0.500. The van der Waals surface area contributed by atoms with Crippen LogP contribution < -0.4 is 5.32 Å². The molecule has 0 spiro atoms. The van der Waals surface area contributed by atoms with E-state index in [0.29, 0.717) is 19.4 Å². The van der Waals surface area contributed by atoms with E-state index in [9.17, 15) is 19.2 Å². The first kappa shape index (κ1) is 19.1. The molecule has 1 saturated carbocycles. The molecule has 0 unspecified atom stereocenters. The summed E-state index contributed by atoms with van der Waals surface area (Å²) in [6.07, 6.45) is 4.29. The van der Waals surface area contributed by atoms with E-state index in [-0.39, 0.29) is 12.0 Å². The van der Waals surface area contributed by atoms with E-state index in [2.05, 4.69) is 5.32 Å². The Morgan fingerprint density at radius 1 is 1.07 bits per heavy atom. The Morgan fingerprint density at radius 3 is 2.48 bits per heavy atom. The van der Waals surface area contributed by atoms with Gasteiger partial charge in [0.15, 0.2) is 0 Å². The number of benzene rings is 1. The largest absolute Gasteiger partial charge is 0.354 e. The molecule has 0 bridgehead atoms. The molecule has 7 heteroatoms. The zero-order valence-electron chi connectivity index (χ0n) is 15.5. The minimum absolute atomic E-state index is 0.166. The monoisotopic (exact) mass is 371 g/mol. The summed E-state index contributed by atoms with van der Waals surface area (Å²) in [7, 11) is 0. The Hall–Kier alpha value is -2.70. The second kappa shape index (κ2) is 8.33. The number of carbonyl (C=O) groups is 4. The molecule has 5 amide bonds. The van der Waals surface area contributed by atoms with Crippen LogP contribution in [0.5, 0.6) is 0 Å². The Balaban J connectivity index is 1.56. The van der Waals surface area contributed by atoms with Crippen LogP contribution in [0.2, 0.25) is 0 Å². The lowest BCUT2D eigenvalue weighted by Crippen LogP contribution is -2.47. The average molecular weight is 371 g/mol. The number of imide groups is 2. The van der Waals surface area contributed by atoms with E-state index in [1.807, 2.05) is 37.3 Å². The SMILES string of the molecule is C[C@H]1CCCC[C@@H]1N1C(=O)C(=O)N(CC(=O)NCCc2ccccc2)C1=O. The van der Waals surface area contributed by atoms with Crippen molar-refractivity contribution in [3.05, 3.63) is 35.9 Å². The van der Waals surface area contributed by atoms with Crippen LogP contribution in [0.3, 0.4) is 0 Å². The highest BCUT2D eigenvalue weighted by Gasteiger charge is 2.49. The number of nitrogens with zero attached hydrogens (tertiary/aromatic N) is 2. The molecule has 1 aliphatic carbocycles. The summed E-state index contributed by atoms with van der Waals surface area (Å²) in [6, 6.07) is 8.76. The third-order valence-electron chi connectivity index (χ3n) is 5.36. The molecule has 2 aliphatic rings. The van der Waals surface area contributed by atoms with E-state index >= 15 is 0 Å². The minimum atomic E-state index is -0.906. The number of hydrogen-bond acceptors (Lipinski definition) is 4. The molecule has 1 saturated heterocycles. The van der Waals surface area contributed by atoms with Crippen LogP contribution in [0.15, 0.2) is 30.3 Å². The second-order valence-corrected chi connectivity index (χ2v) is 7.26. The summed E-state index contributed by atoms with van der Waals surface area (Å²) < 4.78 is 0. The predicted molar refractivity (Wildman–Crippen MR) is 98.5 cm³/mol. The average Bonchev–Trinajstić information content (AvgIpc) is 2.87. The highest BCUT2D eigenvalue weighted by molar-refractivity contribution is 6.45. The van der Waals surface area contributed by atoms with E-state index in [4.69, 9.17) is 0 Å². The summed E-state index contributed by atoms with van der Waals surface area (Å²) in [4.78, 5) is 51.2. The standard InChI is InChI=1S/C20H25N3O4/c1-14-7-5-6-10-16(14)23-19(26)18(25)22(20(23)27)13-17(24)21-12-11-15-8-3-2-4-9-15/h2-4,8-9,14,16H,5-7,10-13H2,1H3,(H,21,24)/t14-,16-/m0/s1. The molecule has 3 rings (SSSR count). The third-order valence-corrected chi connectivity index (χ3v) is 5.36. The third kappa shape index (κ3) is 4.18. The summed E-state index contributed by atoms with van der Waals surface area (Å²) in [5.74, 6) is -2.00. The summed E-state index contributed by atoms with van der Waals surface area (Å²) in [5.41, 5.74) is 1.08. The maximum atomic E-state index is 12.6. The number of amides is 5. The molecule has 2 atom stereocenters. The lowest BCUT2D eigenvalue weighted by molar-refractivity contribution is -0.145. The van der Waals surface area contributed by atoms with Crippen molar-refractivity contribution >= 4 is 23.8 Å². The van der Waals surface area contributed by atoms with E-state index in [1.165, 1.54) is 0 Å². The highest BCUT2D eigenvalue weighted by Crippen LogP contribution is 2.31. The maximum Gasteiger partial charge on any atom is 0.334 e. The molecule has 27 heavy (non-hydrogen) atoms. The molecule has 1 aromatic carbocycles. The van der Waals surface area contributed by atoms with Gasteiger partial charge in [-0.1, -0.05) is 50.1 Å². The van der Waals surface area contributed by atoms with Crippen LogP contribution in [-0.2, 0) is 20.8 Å². The van der Waals surface area contributed by atoms with Gasteiger partial charge in [-0.25, -0.2) is 9.69 Å². The van der Waals surface area contributed by atoms with E-state index in [1.54, 1.807) is 0 Å². The van der Waals surface area contributed by atoms with Crippen molar-refractivity contribution in [2.45, 2.75) is 45.1 Å². The highest BCUT2D eigenvalue weighted by atomic mass is 16.2. The van der Waals surface area contributed by atoms with Gasteiger partial charge in [0.05, 0.1) is 0 Å². The van der Waals surface area contributed by atoms with Gasteiger partial charge in [0, 0.05) is 12.6 Å². The van der Waals surface area contributed by atoms with Gasteiger partial charge in [-0.05, 0) is 30.7 Å². The number of carbonyl (C=O) groups excluding carboxylic acids is 4. The van der Waals surface area contributed by atoms with Crippen molar-refractivity contribution < 1.29 is 19.2 Å². The Morgan fingerprint density at radius 2 is 1.78 bits per heavy atom. The Kier molecular flexibility index (Phi) is 5.88. The first-order valence-corrected chi connectivity index (χ1v) is 9.48. The van der Waals surface area contributed by atoms with Gasteiger partial charge in [0.2, 0.25) is 5.91 Å². The topological polar surface area (TPSA) is 86.8 Å². The minimum Gasteiger partial charge on any atom is -0.354 e. The van der Waals surface area contributed by atoms with Crippen molar-refractivity contribution in [2.24, 2.45) is 5.92 Å². The molecule has 0 radical (unpaired) electrons. The van der Waals surface area contributed by atoms with Crippen molar-refractivity contribution in [3.8, 4) is 0 Å². The first-order chi connectivity index (χ1) is 13.0. The van der Waals surface area contributed by atoms with Gasteiger partial charge in [-0.3, -0.25) is 19.3 Å². The molecular formula is C20H25N3O4. The zero-order chi connectivity index (χ0) is 19.4. The summed E-state index contributed by atoms with van der Waals surface area (Å²) >= 11 is 0. The number of nitrogens with one attached hydrogen (secondary N) is 1. The van der Waals surface area contributed by atoms with Crippen LogP contribution in [0.25, 0.3) is 0 Å². The zero-order valence-corrected chi connectivity index (χ0v) is 15.5. The first-order valence-electron chi connectivity index (χ1n) is 9.48. The molecule has 2 fully saturated rings. The van der Waals surface area contributed by atoms with Crippen molar-refractivity contribution in [1.82, 2.24) is 15.1 Å². The van der Waals surface area contributed by atoms with Crippen LogP contribution >= 0.6 is 0 Å². The summed E-state index contributed by atoms with van der Waals surface area (Å²) in [6.45, 7) is 1.97. The second-order valence-electron chi connectivity index (χ2n) is 7.26. The molecule has 1 heterocycles. The fourth-order valence-electron chi connectivity index (χ4n) is 3.82. The van der Waals surface area contributed by atoms with Crippen LogP contribution in [0, 0.1) is 5.92 Å². The normalized spacial score (nSPS) is 23.1. The van der Waals surface area contributed by atoms with Gasteiger partial charge in [0.25, 0.3) is 0 Å². The lowest BCUT2D eigenvalue weighted by atomic mass is 9.85. The number of urea groups is 1. The quantitative estimate of drug-likeness (QED) is 0.609. The van der Waals surface area contributed by atoms with Crippen molar-refractivity contribution in [3.63, 3.8) is 0 Å². The van der Waals surface area contributed by atoms with Crippen LogP contribution in [-0.4, -0.2) is 52.7 Å². The Labute approximate surface area is 158 Å². The molecule has 1 N–H and O–H groups in total. The molecule has 0 aromatic heterocycles. The van der Waals surface area contributed by atoms with Gasteiger partial charge in [-0.15, -0.1) is 0 Å². The van der Waals surface area contributed by atoms with Crippen LogP contribution in [0.4, 0.5) is 4.79 Å². The summed E-state index contributed by atoms with van der Waals surface area (Å²) in [5, 5.41) is 2.70. The lowest BCUT2D eigenvalue weighted by Gasteiger charge is -2.34. The molecule has 1 aliphatic heterocycles. The van der Waals surface area contributed by atoms with Crippen molar-refractivity contribution in [2.75, 3.05) is 13.1 Å². The smallest absolute Gasteiger partial charge is 0.334 e. The van der Waals surface area contributed by atoms with Gasteiger partial charge >= 0.3 is 17.8 Å². The molecule has 144 valence electrons. The molecule has 1 aromatic rings. The molecule has 7 nitrogen and oxygen atoms in total. The number of rotatable bonds is 6. The maximum absolute atomic E-state index is 12.6. The van der Waals surface area contributed by atoms with Gasteiger partial charge < -0.3 is 5.32 Å². The van der Waals surface area contributed by atoms with Gasteiger partial charge in [0.1, 0.15) is 6.54 Å². The van der Waals surface area contributed by atoms with E-state index < -0.39 is 30.3 Å². The molecular weight excluding hydrogens is 346 g/mol. The predicted octanol–water partition coefficient (Wildman–Crippen LogP) is 1.71.